The highest BCUT2D eigenvalue weighted by atomic mass is 14.6. The summed E-state index contributed by atoms with van der Waals surface area (Å²) in [6.45, 7) is 7.72. The van der Waals surface area contributed by atoms with Gasteiger partial charge in [0.25, 0.3) is 0 Å². The Kier molecular flexibility index (Phi) is 3.98. The molecular formula is C19H34. The standard InChI is InChI=1S/C19H34/c1-4-14-13-18(17-12-8-7-11-16(14)17)19(2,3)15-9-5-6-10-15/h14-18H,4-13H2,1-3H3. The van der Waals surface area contributed by atoms with Gasteiger partial charge in [0.2, 0.25) is 0 Å². The highest BCUT2D eigenvalue weighted by Crippen LogP contribution is 2.59. The molecule has 0 bridgehead atoms. The molecule has 110 valence electrons. The van der Waals surface area contributed by atoms with Crippen molar-refractivity contribution in [1.29, 1.82) is 0 Å². The summed E-state index contributed by atoms with van der Waals surface area (Å²) in [5.41, 5.74) is 0.626. The van der Waals surface area contributed by atoms with Gasteiger partial charge in [0.15, 0.2) is 0 Å². The van der Waals surface area contributed by atoms with E-state index in [1.54, 1.807) is 19.3 Å². The first-order chi connectivity index (χ1) is 9.14. The molecule has 3 rings (SSSR count). The molecule has 3 aliphatic carbocycles. The largest absolute Gasteiger partial charge is 0.0651 e. The molecule has 3 aliphatic rings. The topological polar surface area (TPSA) is 0 Å². The van der Waals surface area contributed by atoms with E-state index in [9.17, 15) is 0 Å². The number of rotatable bonds is 3. The van der Waals surface area contributed by atoms with Crippen LogP contribution < -0.4 is 0 Å². The fraction of sp³-hybridized carbons (Fsp3) is 1.00. The monoisotopic (exact) mass is 262 g/mol. The average molecular weight is 262 g/mol. The Morgan fingerprint density at radius 3 is 2.05 bits per heavy atom. The minimum Gasteiger partial charge on any atom is -0.0651 e. The van der Waals surface area contributed by atoms with Crippen LogP contribution in [-0.4, -0.2) is 0 Å². The molecule has 4 unspecified atom stereocenters. The number of hydrogen-bond donors (Lipinski definition) is 0. The molecule has 4 atom stereocenters. The second-order valence-electron chi connectivity index (χ2n) is 8.43. The van der Waals surface area contributed by atoms with Crippen LogP contribution in [0.3, 0.4) is 0 Å². The molecule has 0 aliphatic heterocycles. The predicted octanol–water partition coefficient (Wildman–Crippen LogP) is 6.06. The van der Waals surface area contributed by atoms with Crippen LogP contribution in [0.25, 0.3) is 0 Å². The second-order valence-corrected chi connectivity index (χ2v) is 8.43. The summed E-state index contributed by atoms with van der Waals surface area (Å²) in [6, 6.07) is 0. The summed E-state index contributed by atoms with van der Waals surface area (Å²) in [6.07, 6.45) is 15.2. The molecule has 0 N–H and O–H groups in total. The van der Waals surface area contributed by atoms with Crippen molar-refractivity contribution >= 4 is 0 Å². The van der Waals surface area contributed by atoms with E-state index in [0.717, 1.165) is 29.6 Å². The van der Waals surface area contributed by atoms with Gasteiger partial charge < -0.3 is 0 Å². The summed E-state index contributed by atoms with van der Waals surface area (Å²) >= 11 is 0. The van der Waals surface area contributed by atoms with Crippen LogP contribution in [0.15, 0.2) is 0 Å². The van der Waals surface area contributed by atoms with Crippen molar-refractivity contribution in [3.8, 4) is 0 Å². The summed E-state index contributed by atoms with van der Waals surface area (Å²) in [7, 11) is 0. The summed E-state index contributed by atoms with van der Waals surface area (Å²) in [4.78, 5) is 0. The first kappa shape index (κ1) is 14.0. The molecule has 0 aromatic heterocycles. The molecule has 0 saturated heterocycles. The van der Waals surface area contributed by atoms with Crippen LogP contribution in [0.5, 0.6) is 0 Å². The van der Waals surface area contributed by atoms with Gasteiger partial charge in [0, 0.05) is 0 Å². The zero-order valence-corrected chi connectivity index (χ0v) is 13.5. The summed E-state index contributed by atoms with van der Waals surface area (Å²) in [5.74, 6) is 5.34. The number of fused-ring (bicyclic) bond motifs is 1. The van der Waals surface area contributed by atoms with Crippen molar-refractivity contribution in [2.45, 2.75) is 85.0 Å². The van der Waals surface area contributed by atoms with E-state index in [1.165, 1.54) is 44.9 Å². The van der Waals surface area contributed by atoms with E-state index in [-0.39, 0.29) is 0 Å². The van der Waals surface area contributed by atoms with Crippen LogP contribution in [-0.2, 0) is 0 Å². The lowest BCUT2D eigenvalue weighted by Gasteiger charge is -2.43. The van der Waals surface area contributed by atoms with E-state index < -0.39 is 0 Å². The lowest BCUT2D eigenvalue weighted by atomic mass is 9.62. The Morgan fingerprint density at radius 2 is 1.42 bits per heavy atom. The molecule has 0 radical (unpaired) electrons. The van der Waals surface area contributed by atoms with Gasteiger partial charge in [-0.15, -0.1) is 0 Å². The first-order valence-electron chi connectivity index (χ1n) is 9.14. The van der Waals surface area contributed by atoms with Crippen LogP contribution in [0.2, 0.25) is 0 Å². The third kappa shape index (κ3) is 2.38. The Hall–Kier alpha value is 0. The molecule has 3 fully saturated rings. The van der Waals surface area contributed by atoms with Crippen molar-refractivity contribution in [3.05, 3.63) is 0 Å². The van der Waals surface area contributed by atoms with Crippen molar-refractivity contribution in [1.82, 2.24) is 0 Å². The molecule has 0 spiro atoms. The first-order valence-corrected chi connectivity index (χ1v) is 9.14. The average Bonchev–Trinajstić information content (AvgIpc) is 3.07. The SMILES string of the molecule is CCC1CC(C(C)(C)C2CCCC2)C2CCCCC12. The Balaban J connectivity index is 1.79. The molecule has 0 aromatic carbocycles. The highest BCUT2D eigenvalue weighted by Gasteiger charge is 2.50. The minimum absolute atomic E-state index is 0.626. The fourth-order valence-electron chi connectivity index (χ4n) is 6.25. The molecule has 19 heavy (non-hydrogen) atoms. The summed E-state index contributed by atoms with van der Waals surface area (Å²) in [5, 5.41) is 0. The van der Waals surface area contributed by atoms with Gasteiger partial charge in [-0.1, -0.05) is 52.9 Å². The molecular weight excluding hydrogens is 228 g/mol. The van der Waals surface area contributed by atoms with Crippen molar-refractivity contribution in [3.63, 3.8) is 0 Å². The second kappa shape index (κ2) is 5.41. The lowest BCUT2D eigenvalue weighted by Crippen LogP contribution is -2.35. The summed E-state index contributed by atoms with van der Waals surface area (Å²) < 4.78 is 0. The fourth-order valence-corrected chi connectivity index (χ4v) is 6.25. The molecule has 0 aromatic rings. The minimum atomic E-state index is 0.626. The molecule has 3 saturated carbocycles. The van der Waals surface area contributed by atoms with Crippen LogP contribution in [0.4, 0.5) is 0 Å². The Morgan fingerprint density at radius 1 is 0.842 bits per heavy atom. The maximum absolute atomic E-state index is 2.64. The van der Waals surface area contributed by atoms with E-state index in [4.69, 9.17) is 0 Å². The van der Waals surface area contributed by atoms with Gasteiger partial charge in [0.1, 0.15) is 0 Å². The van der Waals surface area contributed by atoms with Gasteiger partial charge in [-0.25, -0.2) is 0 Å². The molecule has 0 heteroatoms. The Bertz CT molecular complexity index is 297. The maximum Gasteiger partial charge on any atom is -0.0295 e. The third-order valence-corrected chi connectivity index (χ3v) is 7.44. The Labute approximate surface area is 120 Å². The number of hydrogen-bond acceptors (Lipinski definition) is 0. The third-order valence-electron chi connectivity index (χ3n) is 7.44. The molecule has 0 heterocycles. The molecule has 0 amide bonds. The quantitative estimate of drug-likeness (QED) is 0.580. The van der Waals surface area contributed by atoms with E-state index in [1.807, 2.05) is 0 Å². The maximum atomic E-state index is 2.64. The molecule has 0 nitrogen and oxygen atoms in total. The van der Waals surface area contributed by atoms with Gasteiger partial charge in [-0.2, -0.15) is 0 Å². The van der Waals surface area contributed by atoms with Crippen LogP contribution in [0, 0.1) is 35.0 Å². The van der Waals surface area contributed by atoms with E-state index >= 15 is 0 Å². The van der Waals surface area contributed by atoms with Crippen molar-refractivity contribution < 1.29 is 0 Å². The van der Waals surface area contributed by atoms with Gasteiger partial charge in [-0.3, -0.25) is 0 Å². The van der Waals surface area contributed by atoms with Crippen LogP contribution >= 0.6 is 0 Å². The predicted molar refractivity (Wildman–Crippen MR) is 83.1 cm³/mol. The highest BCUT2D eigenvalue weighted by molar-refractivity contribution is 5.00. The van der Waals surface area contributed by atoms with Gasteiger partial charge in [0.05, 0.1) is 0 Å². The normalized spacial score (nSPS) is 40.6. The van der Waals surface area contributed by atoms with Crippen molar-refractivity contribution in [2.75, 3.05) is 0 Å². The van der Waals surface area contributed by atoms with Gasteiger partial charge >= 0.3 is 0 Å². The van der Waals surface area contributed by atoms with Gasteiger partial charge in [-0.05, 0) is 67.1 Å². The zero-order chi connectivity index (χ0) is 13.5. The smallest absolute Gasteiger partial charge is 0.0295 e. The van der Waals surface area contributed by atoms with Crippen LogP contribution in [0.1, 0.15) is 85.0 Å². The van der Waals surface area contributed by atoms with E-state index in [0.29, 0.717) is 5.41 Å². The zero-order valence-electron chi connectivity index (χ0n) is 13.5. The lowest BCUT2D eigenvalue weighted by molar-refractivity contribution is 0.0623. The van der Waals surface area contributed by atoms with Crippen molar-refractivity contribution in [2.24, 2.45) is 35.0 Å². The van der Waals surface area contributed by atoms with E-state index in [2.05, 4.69) is 20.8 Å².